The van der Waals surface area contributed by atoms with E-state index >= 15 is 0 Å². The summed E-state index contributed by atoms with van der Waals surface area (Å²) < 4.78 is 11.0. The van der Waals surface area contributed by atoms with Gasteiger partial charge in [-0.1, -0.05) is 44.2 Å². The van der Waals surface area contributed by atoms with E-state index in [2.05, 4.69) is 31.2 Å². The topological polar surface area (TPSA) is 218 Å². The maximum atomic E-state index is 14.2. The van der Waals surface area contributed by atoms with E-state index in [0.29, 0.717) is 67.3 Å². The molecule has 61 heavy (non-hydrogen) atoms. The maximum absolute atomic E-state index is 14.2. The number of carbonyl (C=O) groups is 6. The van der Waals surface area contributed by atoms with Crippen LogP contribution in [0.3, 0.4) is 0 Å². The molecular weight excluding hydrogens is 823 g/mol. The predicted molar refractivity (Wildman–Crippen MR) is 225 cm³/mol. The van der Waals surface area contributed by atoms with Gasteiger partial charge in [0, 0.05) is 30.4 Å². The highest BCUT2D eigenvalue weighted by molar-refractivity contribution is 7.10. The van der Waals surface area contributed by atoms with Crippen LogP contribution in [0.1, 0.15) is 121 Å². The lowest BCUT2D eigenvalue weighted by Crippen LogP contribution is -2.53. The summed E-state index contributed by atoms with van der Waals surface area (Å²) in [6.07, 6.45) is 4.67. The molecule has 3 aromatic heterocycles. The van der Waals surface area contributed by atoms with Gasteiger partial charge in [0.2, 0.25) is 23.6 Å². The van der Waals surface area contributed by atoms with E-state index in [4.69, 9.17) is 14.1 Å². The van der Waals surface area contributed by atoms with Gasteiger partial charge in [-0.15, -0.1) is 22.7 Å². The Balaban J connectivity index is 1.10. The highest BCUT2D eigenvalue weighted by Gasteiger charge is 2.39. The Hall–Kier alpha value is -5.69. The van der Waals surface area contributed by atoms with Crippen molar-refractivity contribution in [1.82, 2.24) is 46.0 Å². The molecule has 3 aliphatic heterocycles. The fourth-order valence-corrected chi connectivity index (χ4v) is 9.56. The second-order valence-corrected chi connectivity index (χ2v) is 17.7. The van der Waals surface area contributed by atoms with E-state index in [1.54, 1.807) is 22.6 Å². The third-order valence-corrected chi connectivity index (χ3v) is 12.9. The molecule has 0 saturated carbocycles. The quantitative estimate of drug-likeness (QED) is 0.162. The van der Waals surface area contributed by atoms with E-state index in [9.17, 15) is 28.8 Å². The molecule has 0 spiro atoms. The first-order valence-corrected chi connectivity index (χ1v) is 22.6. The zero-order valence-electron chi connectivity index (χ0n) is 34.4. The molecule has 324 valence electrons. The first kappa shape index (κ1) is 43.4. The van der Waals surface area contributed by atoms with Gasteiger partial charge in [-0.3, -0.25) is 24.0 Å². The van der Waals surface area contributed by atoms with Crippen molar-refractivity contribution in [1.29, 1.82) is 0 Å². The average Bonchev–Trinajstić information content (AvgIpc) is 4.10. The van der Waals surface area contributed by atoms with E-state index in [1.807, 2.05) is 44.2 Å². The molecule has 6 amide bonds. The molecule has 4 aromatic rings. The van der Waals surface area contributed by atoms with Gasteiger partial charge >= 0.3 is 6.09 Å². The molecule has 3 aliphatic rings. The Morgan fingerprint density at radius 2 is 1.57 bits per heavy atom. The number of aromatic nitrogens is 3. The normalized spacial score (nSPS) is 22.6. The number of alkyl carbamates (subject to hydrolysis) is 1. The van der Waals surface area contributed by atoms with E-state index in [0.717, 1.165) is 12.0 Å². The number of nitrogens with one attached hydrogen (secondary N) is 4. The summed E-state index contributed by atoms with van der Waals surface area (Å²) in [5.74, 6) is -1.92. The molecule has 2 saturated heterocycles. The number of oxazole rings is 1. The van der Waals surface area contributed by atoms with Crippen molar-refractivity contribution in [2.24, 2.45) is 5.92 Å². The number of hydrogen-bond donors (Lipinski definition) is 4. The SMILES string of the molecule is CC(C)C[C@@H]1NC(=O)c2csc(n2)[C@H](C)NC(=O)[C@H](CCCCNC(=O)OCc2ccccc2)NC(=O)[C@@H]2CCCN2C(=O)c2coc(n2)-c2csc(n2)[C@@H]2CCCN2C1=O. The van der Waals surface area contributed by atoms with Crippen molar-refractivity contribution in [3.05, 3.63) is 74.3 Å². The van der Waals surface area contributed by atoms with Crippen molar-refractivity contribution in [3.8, 4) is 11.6 Å². The molecule has 5 atom stereocenters. The number of carbonyl (C=O) groups excluding carboxylic acids is 6. The minimum atomic E-state index is -0.999. The van der Waals surface area contributed by atoms with Crippen molar-refractivity contribution in [2.75, 3.05) is 19.6 Å². The molecule has 1 aromatic carbocycles. The molecule has 4 N–H and O–H groups in total. The second kappa shape index (κ2) is 19.8. The molecule has 6 bridgehead atoms. The van der Waals surface area contributed by atoms with E-state index in [1.165, 1.54) is 33.8 Å². The minimum absolute atomic E-state index is 0.0179. The smallest absolute Gasteiger partial charge is 0.407 e. The molecule has 17 nitrogen and oxygen atoms in total. The summed E-state index contributed by atoms with van der Waals surface area (Å²) in [5, 5.41) is 16.0. The van der Waals surface area contributed by atoms with Crippen LogP contribution in [0.2, 0.25) is 0 Å². The lowest BCUT2D eigenvalue weighted by Gasteiger charge is -2.29. The highest BCUT2D eigenvalue weighted by atomic mass is 32.1. The van der Waals surface area contributed by atoms with Crippen LogP contribution >= 0.6 is 22.7 Å². The van der Waals surface area contributed by atoms with Gasteiger partial charge in [-0.25, -0.2) is 19.7 Å². The standard InChI is InChI=1S/C42H51N9O8S2/c1-24(2)19-28-40(55)51-18-10-15-33(51)39-49-31(23-61-39)37-47-29(21-58-37)41(56)50-17-9-14-32(50)36(54)45-27(34(52)44-25(3)38-48-30(22-60-38)35(53)46-28)13-7-8-16-43-42(57)59-20-26-11-5-4-6-12-26/h4-6,11-12,21-25,27-28,32-33H,7-10,13-20H2,1-3H3,(H,43,57)(H,44,52)(H,45,54)(H,46,53)/t25-,27-,28-,32-,33-/m0/s1. The van der Waals surface area contributed by atoms with Crippen molar-refractivity contribution in [2.45, 2.75) is 109 Å². The Kier molecular flexibility index (Phi) is 14.1. The summed E-state index contributed by atoms with van der Waals surface area (Å²) in [6.45, 7) is 6.94. The lowest BCUT2D eigenvalue weighted by atomic mass is 10.0. The number of fused-ring (bicyclic) bond motifs is 10. The van der Waals surface area contributed by atoms with Crippen LogP contribution in [0, 0.1) is 5.92 Å². The number of unbranched alkanes of at least 4 members (excludes halogenated alkanes) is 1. The number of benzene rings is 1. The van der Waals surface area contributed by atoms with Crippen LogP contribution in [0.4, 0.5) is 4.79 Å². The predicted octanol–water partition coefficient (Wildman–Crippen LogP) is 5.14. The molecule has 19 heteroatoms. The van der Waals surface area contributed by atoms with Crippen molar-refractivity contribution < 1.29 is 37.9 Å². The second-order valence-electron chi connectivity index (χ2n) is 16.0. The minimum Gasteiger partial charge on any atom is -0.445 e. The van der Waals surface area contributed by atoms with Gasteiger partial charge < -0.3 is 40.2 Å². The number of thiazole rings is 2. The molecule has 2 fully saturated rings. The Labute approximate surface area is 361 Å². The summed E-state index contributed by atoms with van der Waals surface area (Å²) in [4.78, 5) is 98.9. The largest absolute Gasteiger partial charge is 0.445 e. The first-order valence-electron chi connectivity index (χ1n) is 20.8. The number of nitrogens with zero attached hydrogens (tertiary/aromatic N) is 5. The van der Waals surface area contributed by atoms with Gasteiger partial charge in [0.25, 0.3) is 11.8 Å². The third-order valence-electron chi connectivity index (χ3n) is 10.9. The van der Waals surface area contributed by atoms with Crippen LogP contribution < -0.4 is 21.3 Å². The maximum Gasteiger partial charge on any atom is 0.407 e. The Morgan fingerprint density at radius 1 is 0.852 bits per heavy atom. The average molecular weight is 874 g/mol. The molecule has 7 rings (SSSR count). The first-order chi connectivity index (χ1) is 29.4. The number of hydrogen-bond acceptors (Lipinski definition) is 13. The summed E-state index contributed by atoms with van der Waals surface area (Å²) in [6, 6.07) is 5.70. The monoisotopic (exact) mass is 873 g/mol. The fraction of sp³-hybridized carbons (Fsp3) is 0.500. The number of amides is 6. The van der Waals surface area contributed by atoms with Crippen LogP contribution in [0.5, 0.6) is 0 Å². The molecular formula is C42H51N9O8S2. The molecule has 0 unspecified atom stereocenters. The molecule has 6 heterocycles. The number of ether oxygens (including phenoxy) is 1. The van der Waals surface area contributed by atoms with Crippen molar-refractivity contribution in [3.63, 3.8) is 0 Å². The van der Waals surface area contributed by atoms with Crippen LogP contribution in [-0.2, 0) is 25.7 Å². The van der Waals surface area contributed by atoms with Gasteiger partial charge in [-0.05, 0) is 69.8 Å². The fourth-order valence-electron chi connectivity index (χ4n) is 7.81. The van der Waals surface area contributed by atoms with Gasteiger partial charge in [0.05, 0.1) is 12.1 Å². The third kappa shape index (κ3) is 10.6. The zero-order chi connectivity index (χ0) is 43.0. The highest BCUT2D eigenvalue weighted by Crippen LogP contribution is 2.36. The van der Waals surface area contributed by atoms with Crippen LogP contribution in [0.25, 0.3) is 11.6 Å². The Bertz CT molecular complexity index is 2210. The summed E-state index contributed by atoms with van der Waals surface area (Å²) in [5.41, 5.74) is 1.41. The van der Waals surface area contributed by atoms with Crippen LogP contribution in [-0.4, -0.2) is 98.1 Å². The van der Waals surface area contributed by atoms with E-state index < -0.39 is 53.9 Å². The zero-order valence-corrected chi connectivity index (χ0v) is 36.0. The molecule has 0 aliphatic carbocycles. The van der Waals surface area contributed by atoms with E-state index in [-0.39, 0.29) is 54.7 Å². The Morgan fingerprint density at radius 3 is 2.36 bits per heavy atom. The van der Waals surface area contributed by atoms with Gasteiger partial charge in [-0.2, -0.15) is 0 Å². The van der Waals surface area contributed by atoms with Crippen molar-refractivity contribution >= 4 is 58.3 Å². The summed E-state index contributed by atoms with van der Waals surface area (Å²) in [7, 11) is 0. The van der Waals surface area contributed by atoms with Crippen LogP contribution in [0.15, 0.2) is 51.8 Å². The summed E-state index contributed by atoms with van der Waals surface area (Å²) >= 11 is 2.56. The van der Waals surface area contributed by atoms with Gasteiger partial charge in [0.1, 0.15) is 52.4 Å². The molecule has 0 radical (unpaired) electrons. The lowest BCUT2D eigenvalue weighted by molar-refractivity contribution is -0.134. The number of rotatable bonds is 9. The van der Waals surface area contributed by atoms with Gasteiger partial charge in [0.15, 0.2) is 5.69 Å².